The molecule has 2 rings (SSSR count). The van der Waals surface area contributed by atoms with Gasteiger partial charge in [0, 0.05) is 5.02 Å². The van der Waals surface area contributed by atoms with Crippen molar-refractivity contribution in [3.8, 4) is 11.5 Å². The fraction of sp³-hybridized carbons (Fsp3) is 0.235. The molecule has 0 radical (unpaired) electrons. The van der Waals surface area contributed by atoms with Crippen LogP contribution in [0.2, 0.25) is 5.02 Å². The minimum atomic E-state index is -1.14. The van der Waals surface area contributed by atoms with Gasteiger partial charge >= 0.3 is 5.97 Å². The van der Waals surface area contributed by atoms with Gasteiger partial charge in [-0.2, -0.15) is 0 Å². The molecule has 0 aliphatic carbocycles. The molecule has 4 nitrogen and oxygen atoms in total. The SMILES string of the molecule is Cc1cc(OCCOc2cc(C(=O)O)ccc2F)cc(C)c1Cl. The van der Waals surface area contributed by atoms with Crippen LogP contribution in [0.3, 0.4) is 0 Å². The number of aromatic carboxylic acids is 1. The van der Waals surface area contributed by atoms with Gasteiger partial charge in [-0.1, -0.05) is 11.6 Å². The monoisotopic (exact) mass is 338 g/mol. The highest BCUT2D eigenvalue weighted by molar-refractivity contribution is 6.32. The summed E-state index contributed by atoms with van der Waals surface area (Å²) in [5, 5.41) is 9.58. The predicted molar refractivity (Wildman–Crippen MR) is 85.3 cm³/mol. The van der Waals surface area contributed by atoms with Gasteiger partial charge in [-0.3, -0.25) is 0 Å². The maximum atomic E-state index is 13.6. The minimum Gasteiger partial charge on any atom is -0.490 e. The second-order valence-corrected chi connectivity index (χ2v) is 5.40. The topological polar surface area (TPSA) is 55.8 Å². The number of carboxylic acids is 1. The molecule has 0 aliphatic heterocycles. The molecule has 0 aromatic heterocycles. The van der Waals surface area contributed by atoms with Crippen LogP contribution in [0, 0.1) is 19.7 Å². The van der Waals surface area contributed by atoms with Crippen molar-refractivity contribution in [2.45, 2.75) is 13.8 Å². The lowest BCUT2D eigenvalue weighted by Crippen LogP contribution is -2.10. The molecule has 6 heteroatoms. The van der Waals surface area contributed by atoms with Gasteiger partial charge < -0.3 is 14.6 Å². The van der Waals surface area contributed by atoms with Crippen molar-refractivity contribution in [1.29, 1.82) is 0 Å². The van der Waals surface area contributed by atoms with Gasteiger partial charge in [0.05, 0.1) is 5.56 Å². The van der Waals surface area contributed by atoms with Crippen LogP contribution in [0.1, 0.15) is 21.5 Å². The summed E-state index contributed by atoms with van der Waals surface area (Å²) in [6, 6.07) is 7.00. The van der Waals surface area contributed by atoms with Crippen molar-refractivity contribution in [3.63, 3.8) is 0 Å². The van der Waals surface area contributed by atoms with Gasteiger partial charge in [-0.25, -0.2) is 9.18 Å². The van der Waals surface area contributed by atoms with E-state index in [1.165, 1.54) is 6.07 Å². The standard InChI is InChI=1S/C17H16ClFO4/c1-10-7-13(8-11(2)16(10)18)22-5-6-23-15-9-12(17(20)21)3-4-14(15)19/h3-4,7-9H,5-6H2,1-2H3,(H,20,21). The van der Waals surface area contributed by atoms with Gasteiger partial charge in [-0.15, -0.1) is 0 Å². The maximum Gasteiger partial charge on any atom is 0.335 e. The number of ether oxygens (including phenoxy) is 2. The second kappa shape index (κ2) is 7.33. The summed E-state index contributed by atoms with van der Waals surface area (Å²) in [6.07, 6.45) is 0. The molecule has 122 valence electrons. The van der Waals surface area contributed by atoms with Crippen LogP contribution in [0.4, 0.5) is 4.39 Å². The van der Waals surface area contributed by atoms with Crippen molar-refractivity contribution < 1.29 is 23.8 Å². The van der Waals surface area contributed by atoms with E-state index in [-0.39, 0.29) is 24.5 Å². The van der Waals surface area contributed by atoms with Crippen LogP contribution in [-0.4, -0.2) is 24.3 Å². The van der Waals surface area contributed by atoms with E-state index in [9.17, 15) is 9.18 Å². The Balaban J connectivity index is 1.93. The smallest absolute Gasteiger partial charge is 0.335 e. The molecular weight excluding hydrogens is 323 g/mol. The first-order valence-corrected chi connectivity index (χ1v) is 7.31. The van der Waals surface area contributed by atoms with Crippen LogP contribution in [0.5, 0.6) is 11.5 Å². The third-order valence-electron chi connectivity index (χ3n) is 3.20. The van der Waals surface area contributed by atoms with Gasteiger partial charge in [-0.05, 0) is 55.3 Å². The molecule has 23 heavy (non-hydrogen) atoms. The number of rotatable bonds is 6. The number of halogens is 2. The molecule has 0 atom stereocenters. The normalized spacial score (nSPS) is 10.4. The maximum absolute atomic E-state index is 13.6. The molecule has 0 unspecified atom stereocenters. The van der Waals surface area contributed by atoms with E-state index in [2.05, 4.69) is 0 Å². The first-order valence-electron chi connectivity index (χ1n) is 6.93. The average molecular weight is 339 g/mol. The Labute approximate surface area is 138 Å². The van der Waals surface area contributed by atoms with Crippen LogP contribution in [0.15, 0.2) is 30.3 Å². The number of hydrogen-bond donors (Lipinski definition) is 1. The Bertz CT molecular complexity index is 708. The summed E-state index contributed by atoms with van der Waals surface area (Å²) in [7, 11) is 0. The largest absolute Gasteiger partial charge is 0.490 e. The molecule has 0 heterocycles. The Morgan fingerprint density at radius 1 is 1.13 bits per heavy atom. The fourth-order valence-electron chi connectivity index (χ4n) is 2.05. The summed E-state index contributed by atoms with van der Waals surface area (Å²) in [6.45, 7) is 4.04. The Hall–Kier alpha value is -2.27. The zero-order valence-electron chi connectivity index (χ0n) is 12.7. The molecule has 1 N–H and O–H groups in total. The number of carbonyl (C=O) groups is 1. The van der Waals surface area contributed by atoms with Gasteiger partial charge in [0.2, 0.25) is 0 Å². The Morgan fingerprint density at radius 3 is 2.35 bits per heavy atom. The molecular formula is C17H16ClFO4. The van der Waals surface area contributed by atoms with E-state index in [1.807, 2.05) is 13.8 Å². The number of aryl methyl sites for hydroxylation is 2. The van der Waals surface area contributed by atoms with Crippen LogP contribution >= 0.6 is 11.6 Å². The number of hydrogen-bond acceptors (Lipinski definition) is 3. The lowest BCUT2D eigenvalue weighted by atomic mass is 10.1. The Morgan fingerprint density at radius 2 is 1.74 bits per heavy atom. The Kier molecular flexibility index (Phi) is 5.45. The molecule has 0 fully saturated rings. The lowest BCUT2D eigenvalue weighted by Gasteiger charge is -2.11. The van der Waals surface area contributed by atoms with Crippen molar-refractivity contribution in [1.82, 2.24) is 0 Å². The third-order valence-corrected chi connectivity index (χ3v) is 3.79. The summed E-state index contributed by atoms with van der Waals surface area (Å²) in [5.74, 6) is -1.23. The molecule has 0 bridgehead atoms. The van der Waals surface area contributed by atoms with Crippen LogP contribution in [-0.2, 0) is 0 Å². The van der Waals surface area contributed by atoms with Crippen molar-refractivity contribution in [2.24, 2.45) is 0 Å². The van der Waals surface area contributed by atoms with E-state index < -0.39 is 11.8 Å². The van der Waals surface area contributed by atoms with E-state index in [0.29, 0.717) is 10.8 Å². The van der Waals surface area contributed by atoms with Crippen molar-refractivity contribution in [2.75, 3.05) is 13.2 Å². The lowest BCUT2D eigenvalue weighted by molar-refractivity contribution is 0.0696. The van der Waals surface area contributed by atoms with Crippen molar-refractivity contribution >= 4 is 17.6 Å². The molecule has 0 saturated heterocycles. The zero-order chi connectivity index (χ0) is 17.0. The van der Waals surface area contributed by atoms with Crippen molar-refractivity contribution in [3.05, 3.63) is 57.9 Å². The molecule has 2 aromatic rings. The summed E-state index contributed by atoms with van der Waals surface area (Å²) in [4.78, 5) is 10.9. The molecule has 0 aliphatic rings. The molecule has 0 amide bonds. The van der Waals surface area contributed by atoms with E-state index >= 15 is 0 Å². The molecule has 0 spiro atoms. The zero-order valence-corrected chi connectivity index (χ0v) is 13.5. The van der Waals surface area contributed by atoms with Crippen LogP contribution in [0.25, 0.3) is 0 Å². The van der Waals surface area contributed by atoms with Gasteiger partial charge in [0.1, 0.15) is 19.0 Å². The third kappa shape index (κ3) is 4.36. The van der Waals surface area contributed by atoms with E-state index in [4.69, 9.17) is 26.2 Å². The fourth-order valence-corrected chi connectivity index (χ4v) is 2.16. The predicted octanol–water partition coefficient (Wildman–Crippen LogP) is 4.25. The van der Waals surface area contributed by atoms with E-state index in [0.717, 1.165) is 23.3 Å². The van der Waals surface area contributed by atoms with Gasteiger partial charge in [0.25, 0.3) is 0 Å². The summed E-state index contributed by atoms with van der Waals surface area (Å²) >= 11 is 6.08. The first kappa shape index (κ1) is 17.1. The number of carboxylic acid groups (broad SMARTS) is 1. The highest BCUT2D eigenvalue weighted by Gasteiger charge is 2.09. The summed E-state index contributed by atoms with van der Waals surface area (Å²) < 4.78 is 24.3. The average Bonchev–Trinajstić information content (AvgIpc) is 2.50. The minimum absolute atomic E-state index is 0.0359. The first-order chi connectivity index (χ1) is 10.9. The second-order valence-electron chi connectivity index (χ2n) is 5.02. The quantitative estimate of drug-likeness (QED) is 0.800. The van der Waals surface area contributed by atoms with Gasteiger partial charge in [0.15, 0.2) is 11.6 Å². The van der Waals surface area contributed by atoms with E-state index in [1.54, 1.807) is 12.1 Å². The summed E-state index contributed by atoms with van der Waals surface area (Å²) in [5.41, 5.74) is 1.77. The highest BCUT2D eigenvalue weighted by Crippen LogP contribution is 2.26. The number of benzene rings is 2. The molecule has 2 aromatic carbocycles. The molecule has 0 saturated carbocycles. The highest BCUT2D eigenvalue weighted by atomic mass is 35.5. The van der Waals surface area contributed by atoms with Crippen LogP contribution < -0.4 is 9.47 Å².